The average molecular weight is 250 g/mol. The molecule has 3 saturated carbocycles. The van der Waals surface area contributed by atoms with Crippen LogP contribution in [0.2, 0.25) is 0 Å². The molecule has 3 aliphatic rings. The van der Waals surface area contributed by atoms with Crippen molar-refractivity contribution in [3.05, 3.63) is 0 Å². The molecule has 0 radical (unpaired) electrons. The summed E-state index contributed by atoms with van der Waals surface area (Å²) in [5.74, 6) is 1.65. The summed E-state index contributed by atoms with van der Waals surface area (Å²) in [5.41, 5.74) is 5.92. The fourth-order valence-corrected chi connectivity index (χ4v) is 3.43. The molecule has 0 bridgehead atoms. The van der Waals surface area contributed by atoms with Gasteiger partial charge in [-0.15, -0.1) is 0 Å². The Morgan fingerprint density at radius 1 is 1.28 bits per heavy atom. The van der Waals surface area contributed by atoms with Crippen LogP contribution in [-0.2, 0) is 4.79 Å². The molecule has 3 heteroatoms. The van der Waals surface area contributed by atoms with Gasteiger partial charge >= 0.3 is 0 Å². The summed E-state index contributed by atoms with van der Waals surface area (Å²) in [6.45, 7) is 3.22. The summed E-state index contributed by atoms with van der Waals surface area (Å²) >= 11 is 0. The van der Waals surface area contributed by atoms with E-state index >= 15 is 0 Å². The number of hydrogen-bond acceptors (Lipinski definition) is 2. The van der Waals surface area contributed by atoms with Crippen molar-refractivity contribution >= 4 is 5.91 Å². The van der Waals surface area contributed by atoms with E-state index in [0.29, 0.717) is 12.0 Å². The minimum absolute atomic E-state index is 0.267. The molecule has 0 heterocycles. The van der Waals surface area contributed by atoms with E-state index in [1.54, 1.807) is 0 Å². The SMILES string of the molecule is CC1CCCC(N)(C(=O)N(CC2CC2)C2CC2)C1. The van der Waals surface area contributed by atoms with Crippen molar-refractivity contribution in [1.29, 1.82) is 0 Å². The minimum atomic E-state index is -0.546. The highest BCUT2D eigenvalue weighted by molar-refractivity contribution is 5.86. The molecular weight excluding hydrogens is 224 g/mol. The highest BCUT2D eigenvalue weighted by Crippen LogP contribution is 2.38. The van der Waals surface area contributed by atoms with Gasteiger partial charge in [-0.2, -0.15) is 0 Å². The van der Waals surface area contributed by atoms with Gasteiger partial charge in [0.2, 0.25) is 5.91 Å². The predicted molar refractivity (Wildman–Crippen MR) is 72.0 cm³/mol. The Balaban J connectivity index is 1.69. The lowest BCUT2D eigenvalue weighted by Gasteiger charge is -2.39. The Labute approximate surface area is 110 Å². The first kappa shape index (κ1) is 12.5. The van der Waals surface area contributed by atoms with Crippen LogP contribution in [0.3, 0.4) is 0 Å². The summed E-state index contributed by atoms with van der Waals surface area (Å²) in [4.78, 5) is 15.0. The molecule has 0 aromatic rings. The van der Waals surface area contributed by atoms with Crippen LogP contribution < -0.4 is 5.73 Å². The molecular formula is C15H26N2O. The van der Waals surface area contributed by atoms with Crippen LogP contribution in [0, 0.1) is 11.8 Å². The Hall–Kier alpha value is -0.570. The molecule has 0 aromatic carbocycles. The van der Waals surface area contributed by atoms with Gasteiger partial charge in [-0.25, -0.2) is 0 Å². The third kappa shape index (κ3) is 2.56. The molecule has 3 rings (SSSR count). The van der Waals surface area contributed by atoms with Crippen molar-refractivity contribution in [2.45, 2.75) is 69.9 Å². The van der Waals surface area contributed by atoms with Crippen molar-refractivity contribution in [3.63, 3.8) is 0 Å². The van der Waals surface area contributed by atoms with Crippen molar-refractivity contribution in [2.24, 2.45) is 17.6 Å². The largest absolute Gasteiger partial charge is 0.338 e. The second kappa shape index (κ2) is 4.52. The third-order valence-electron chi connectivity index (χ3n) is 4.86. The zero-order chi connectivity index (χ0) is 12.8. The van der Waals surface area contributed by atoms with Gasteiger partial charge in [0.1, 0.15) is 0 Å². The second-order valence-electron chi connectivity index (χ2n) is 6.99. The zero-order valence-corrected chi connectivity index (χ0v) is 11.5. The molecule has 18 heavy (non-hydrogen) atoms. The maximum atomic E-state index is 12.8. The number of hydrogen-bond donors (Lipinski definition) is 1. The molecule has 0 saturated heterocycles. The smallest absolute Gasteiger partial charge is 0.242 e. The summed E-state index contributed by atoms with van der Waals surface area (Å²) < 4.78 is 0. The van der Waals surface area contributed by atoms with Crippen LogP contribution in [0.25, 0.3) is 0 Å². The van der Waals surface area contributed by atoms with Gasteiger partial charge in [-0.1, -0.05) is 19.8 Å². The molecule has 2 N–H and O–H groups in total. The van der Waals surface area contributed by atoms with E-state index in [4.69, 9.17) is 5.73 Å². The topological polar surface area (TPSA) is 46.3 Å². The first-order valence-corrected chi connectivity index (χ1v) is 7.68. The summed E-state index contributed by atoms with van der Waals surface area (Å²) in [6.07, 6.45) is 9.15. The van der Waals surface area contributed by atoms with Gasteiger partial charge in [0, 0.05) is 12.6 Å². The van der Waals surface area contributed by atoms with Gasteiger partial charge in [0.15, 0.2) is 0 Å². The van der Waals surface area contributed by atoms with Crippen molar-refractivity contribution in [1.82, 2.24) is 4.90 Å². The number of nitrogens with zero attached hydrogens (tertiary/aromatic N) is 1. The Bertz CT molecular complexity index is 335. The van der Waals surface area contributed by atoms with Crippen LogP contribution in [0.5, 0.6) is 0 Å². The lowest BCUT2D eigenvalue weighted by atomic mass is 9.76. The molecule has 0 aliphatic heterocycles. The van der Waals surface area contributed by atoms with Crippen molar-refractivity contribution in [2.75, 3.05) is 6.54 Å². The van der Waals surface area contributed by atoms with Gasteiger partial charge < -0.3 is 10.6 Å². The lowest BCUT2D eigenvalue weighted by molar-refractivity contribution is -0.139. The van der Waals surface area contributed by atoms with Gasteiger partial charge in [-0.05, 0) is 50.4 Å². The normalized spacial score (nSPS) is 36.4. The molecule has 3 nitrogen and oxygen atoms in total. The lowest BCUT2D eigenvalue weighted by Crippen LogP contribution is -2.58. The molecule has 0 aromatic heterocycles. The number of amides is 1. The van der Waals surface area contributed by atoms with Crippen LogP contribution in [0.15, 0.2) is 0 Å². The van der Waals surface area contributed by atoms with Crippen molar-refractivity contribution in [3.8, 4) is 0 Å². The van der Waals surface area contributed by atoms with Crippen LogP contribution in [0.1, 0.15) is 58.3 Å². The van der Waals surface area contributed by atoms with Gasteiger partial charge in [0.05, 0.1) is 5.54 Å². The van der Waals surface area contributed by atoms with Crippen LogP contribution >= 0.6 is 0 Å². The summed E-state index contributed by atoms with van der Waals surface area (Å²) in [6, 6.07) is 0.524. The quantitative estimate of drug-likeness (QED) is 0.832. The second-order valence-corrected chi connectivity index (χ2v) is 6.99. The molecule has 2 unspecified atom stereocenters. The fraction of sp³-hybridized carbons (Fsp3) is 0.933. The maximum Gasteiger partial charge on any atom is 0.242 e. The standard InChI is InChI=1S/C15H26N2O/c1-11-3-2-8-15(16,9-11)14(18)17(13-6-7-13)10-12-4-5-12/h11-13H,2-10,16H2,1H3. The van der Waals surface area contributed by atoms with Crippen molar-refractivity contribution < 1.29 is 4.79 Å². The summed E-state index contributed by atoms with van der Waals surface area (Å²) in [7, 11) is 0. The molecule has 2 atom stereocenters. The number of nitrogens with two attached hydrogens (primary N) is 1. The molecule has 3 aliphatic carbocycles. The average Bonchev–Trinajstić information content (AvgIpc) is 3.16. The van der Waals surface area contributed by atoms with E-state index in [0.717, 1.165) is 31.7 Å². The number of carbonyl (C=O) groups is 1. The van der Waals surface area contributed by atoms with Gasteiger partial charge in [0.25, 0.3) is 0 Å². The highest BCUT2D eigenvalue weighted by Gasteiger charge is 2.45. The first-order valence-electron chi connectivity index (χ1n) is 7.68. The van der Waals surface area contributed by atoms with E-state index in [1.807, 2.05) is 0 Å². The highest BCUT2D eigenvalue weighted by atomic mass is 16.2. The fourth-order valence-electron chi connectivity index (χ4n) is 3.43. The van der Waals surface area contributed by atoms with E-state index in [-0.39, 0.29) is 5.91 Å². The predicted octanol–water partition coefficient (Wildman–Crippen LogP) is 2.29. The van der Waals surface area contributed by atoms with E-state index in [9.17, 15) is 4.79 Å². The summed E-state index contributed by atoms with van der Waals surface area (Å²) in [5, 5.41) is 0. The zero-order valence-electron chi connectivity index (χ0n) is 11.5. The van der Waals surface area contributed by atoms with E-state index in [1.165, 1.54) is 32.1 Å². The molecule has 1 amide bonds. The molecule has 0 spiro atoms. The minimum Gasteiger partial charge on any atom is -0.338 e. The van der Waals surface area contributed by atoms with Crippen LogP contribution in [0.4, 0.5) is 0 Å². The Morgan fingerprint density at radius 3 is 2.56 bits per heavy atom. The van der Waals surface area contributed by atoms with Gasteiger partial charge in [-0.3, -0.25) is 4.79 Å². The first-order chi connectivity index (χ1) is 8.58. The number of rotatable bonds is 4. The Kier molecular flexibility index (Phi) is 3.13. The Morgan fingerprint density at radius 2 is 2.00 bits per heavy atom. The van der Waals surface area contributed by atoms with Crippen LogP contribution in [-0.4, -0.2) is 28.9 Å². The van der Waals surface area contributed by atoms with E-state index in [2.05, 4.69) is 11.8 Å². The monoisotopic (exact) mass is 250 g/mol. The molecule has 102 valence electrons. The van der Waals surface area contributed by atoms with E-state index < -0.39 is 5.54 Å². The third-order valence-corrected chi connectivity index (χ3v) is 4.86. The number of carbonyl (C=O) groups excluding carboxylic acids is 1. The molecule has 3 fully saturated rings. The maximum absolute atomic E-state index is 12.8.